The number of rotatable bonds is 7. The van der Waals surface area contributed by atoms with Crippen LogP contribution < -0.4 is 10.5 Å². The third-order valence-corrected chi connectivity index (χ3v) is 5.87. The van der Waals surface area contributed by atoms with Gasteiger partial charge in [0.05, 0.1) is 4.90 Å². The van der Waals surface area contributed by atoms with Crippen molar-refractivity contribution in [3.05, 3.63) is 22.7 Å². The maximum Gasteiger partial charge on any atom is 0.240 e. The lowest BCUT2D eigenvalue weighted by Crippen LogP contribution is -2.39. The predicted molar refractivity (Wildman–Crippen MR) is 83.8 cm³/mol. The predicted octanol–water partition coefficient (Wildman–Crippen LogP) is 2.11. The van der Waals surface area contributed by atoms with Gasteiger partial charge in [-0.2, -0.15) is 0 Å². The van der Waals surface area contributed by atoms with Gasteiger partial charge >= 0.3 is 0 Å². The highest BCUT2D eigenvalue weighted by molar-refractivity contribution is 9.10. The largest absolute Gasteiger partial charge is 0.398 e. The quantitative estimate of drug-likeness (QED) is 0.646. The van der Waals surface area contributed by atoms with E-state index < -0.39 is 15.4 Å². The molecule has 0 fully saturated rings. The minimum atomic E-state index is -3.62. The highest BCUT2D eigenvalue weighted by Gasteiger charge is 2.27. The highest BCUT2D eigenvalue weighted by Crippen LogP contribution is 2.26. The maximum atomic E-state index is 12.2. The molecule has 7 heteroatoms. The molecule has 0 atom stereocenters. The molecule has 0 radical (unpaired) electrons. The van der Waals surface area contributed by atoms with Crippen molar-refractivity contribution in [3.63, 3.8) is 0 Å². The van der Waals surface area contributed by atoms with Gasteiger partial charge in [-0.05, 0) is 47.0 Å². The zero-order valence-corrected chi connectivity index (χ0v) is 14.1. The highest BCUT2D eigenvalue weighted by atomic mass is 79.9. The number of hydrogen-bond acceptors (Lipinski definition) is 4. The summed E-state index contributed by atoms with van der Waals surface area (Å²) in [5.74, 6) is 0. The molecular formula is C13H21BrN2O3S. The van der Waals surface area contributed by atoms with E-state index in [-0.39, 0.29) is 18.0 Å². The number of nitrogens with two attached hydrogens (primary N) is 1. The summed E-state index contributed by atoms with van der Waals surface area (Å²) in [4.78, 5) is 0.122. The second-order valence-electron chi connectivity index (χ2n) is 4.87. The minimum Gasteiger partial charge on any atom is -0.398 e. The molecule has 114 valence electrons. The fourth-order valence-corrected chi connectivity index (χ4v) is 3.24. The van der Waals surface area contributed by atoms with Crippen LogP contribution in [0.3, 0.4) is 0 Å². The first-order valence-corrected chi connectivity index (χ1v) is 8.73. The van der Waals surface area contributed by atoms with Gasteiger partial charge in [0.15, 0.2) is 0 Å². The molecular weight excluding hydrogens is 344 g/mol. The molecule has 0 heterocycles. The van der Waals surface area contributed by atoms with Gasteiger partial charge in [0.2, 0.25) is 10.0 Å². The van der Waals surface area contributed by atoms with Gasteiger partial charge in [0, 0.05) is 28.7 Å². The second-order valence-corrected chi connectivity index (χ2v) is 7.49. The van der Waals surface area contributed by atoms with E-state index in [9.17, 15) is 13.5 Å². The number of halogens is 1. The van der Waals surface area contributed by atoms with Gasteiger partial charge in [-0.15, -0.1) is 0 Å². The Bertz CT molecular complexity index is 548. The zero-order chi connectivity index (χ0) is 15.4. The Balaban J connectivity index is 2.92. The topological polar surface area (TPSA) is 92.4 Å². The van der Waals surface area contributed by atoms with E-state index in [0.717, 1.165) is 0 Å². The van der Waals surface area contributed by atoms with Crippen molar-refractivity contribution >= 4 is 31.6 Å². The number of nitrogens with one attached hydrogen (secondary N) is 1. The average molecular weight is 365 g/mol. The van der Waals surface area contributed by atoms with E-state index in [1.807, 2.05) is 13.8 Å². The molecule has 5 nitrogen and oxygen atoms in total. The summed E-state index contributed by atoms with van der Waals surface area (Å²) in [7, 11) is -3.62. The molecule has 0 spiro atoms. The molecule has 0 bridgehead atoms. The zero-order valence-electron chi connectivity index (χ0n) is 11.7. The first-order valence-electron chi connectivity index (χ1n) is 6.46. The van der Waals surface area contributed by atoms with Crippen molar-refractivity contribution in [3.8, 4) is 0 Å². The number of sulfonamides is 1. The summed E-state index contributed by atoms with van der Waals surface area (Å²) in [5, 5.41) is 9.46. The molecule has 20 heavy (non-hydrogen) atoms. The third kappa shape index (κ3) is 3.94. The first-order chi connectivity index (χ1) is 9.30. The van der Waals surface area contributed by atoms with Crippen molar-refractivity contribution in [1.29, 1.82) is 0 Å². The molecule has 0 amide bonds. The Morgan fingerprint density at radius 2 is 1.95 bits per heavy atom. The van der Waals surface area contributed by atoms with Crippen LogP contribution >= 0.6 is 15.9 Å². The summed E-state index contributed by atoms with van der Waals surface area (Å²) < 4.78 is 27.7. The fourth-order valence-electron chi connectivity index (χ4n) is 1.80. The molecule has 0 aromatic heterocycles. The van der Waals surface area contributed by atoms with Gasteiger partial charge in [-0.3, -0.25) is 0 Å². The van der Waals surface area contributed by atoms with Gasteiger partial charge in [-0.1, -0.05) is 13.8 Å². The normalized spacial score (nSPS) is 12.6. The average Bonchev–Trinajstić information content (AvgIpc) is 2.44. The molecule has 0 saturated heterocycles. The lowest BCUT2D eigenvalue weighted by Gasteiger charge is -2.29. The second kappa shape index (κ2) is 6.89. The first kappa shape index (κ1) is 17.4. The molecule has 0 saturated carbocycles. The number of anilines is 1. The van der Waals surface area contributed by atoms with Crippen molar-refractivity contribution in [1.82, 2.24) is 4.72 Å². The van der Waals surface area contributed by atoms with Gasteiger partial charge in [0.25, 0.3) is 0 Å². The van der Waals surface area contributed by atoms with Crippen LogP contribution in [0.2, 0.25) is 0 Å². The van der Waals surface area contributed by atoms with E-state index in [2.05, 4.69) is 20.7 Å². The van der Waals surface area contributed by atoms with E-state index >= 15 is 0 Å². The molecule has 0 aliphatic carbocycles. The summed E-state index contributed by atoms with van der Waals surface area (Å²) in [6.07, 6.45) is 1.40. The number of hydrogen-bond donors (Lipinski definition) is 3. The molecule has 1 rings (SSSR count). The van der Waals surface area contributed by atoms with E-state index in [4.69, 9.17) is 5.73 Å². The number of aliphatic hydroxyl groups is 1. The van der Waals surface area contributed by atoms with Crippen molar-refractivity contribution in [2.75, 3.05) is 18.9 Å². The lowest BCUT2D eigenvalue weighted by atomic mass is 9.84. The van der Waals surface area contributed by atoms with Crippen molar-refractivity contribution < 1.29 is 13.5 Å². The molecule has 0 aliphatic heterocycles. The third-order valence-electron chi connectivity index (χ3n) is 3.75. The van der Waals surface area contributed by atoms with Gasteiger partial charge in [0.1, 0.15) is 0 Å². The van der Waals surface area contributed by atoms with Crippen molar-refractivity contribution in [2.24, 2.45) is 5.41 Å². The monoisotopic (exact) mass is 364 g/mol. The lowest BCUT2D eigenvalue weighted by molar-refractivity contribution is 0.119. The minimum absolute atomic E-state index is 0.0506. The SMILES string of the molecule is CCC(CC)(CO)CNS(=O)(=O)c1ccc(Br)c(N)c1. The molecule has 1 aromatic carbocycles. The number of benzene rings is 1. The summed E-state index contributed by atoms with van der Waals surface area (Å²) >= 11 is 3.23. The Morgan fingerprint density at radius 1 is 1.35 bits per heavy atom. The molecule has 1 aromatic rings. The standard InChI is InChI=1S/C13H21BrN2O3S/c1-3-13(4-2,9-17)8-16-20(18,19)10-5-6-11(14)12(15)7-10/h5-7,16-17H,3-4,8-9,15H2,1-2H3. The van der Waals surface area contributed by atoms with Crippen molar-refractivity contribution in [2.45, 2.75) is 31.6 Å². The fraction of sp³-hybridized carbons (Fsp3) is 0.538. The summed E-state index contributed by atoms with van der Waals surface area (Å²) in [5.41, 5.74) is 5.64. The molecule has 0 aliphatic rings. The molecule has 4 N–H and O–H groups in total. The Morgan fingerprint density at radius 3 is 2.40 bits per heavy atom. The Labute approximate surface area is 128 Å². The van der Waals surface area contributed by atoms with Crippen LogP contribution in [0.5, 0.6) is 0 Å². The van der Waals surface area contributed by atoms with Crippen LogP contribution in [0.4, 0.5) is 5.69 Å². The molecule has 0 unspecified atom stereocenters. The van der Waals surface area contributed by atoms with Crippen LogP contribution in [0, 0.1) is 5.41 Å². The Kier molecular flexibility index (Phi) is 6.00. The number of nitrogen functional groups attached to an aromatic ring is 1. The van der Waals surface area contributed by atoms with Gasteiger partial charge in [-0.25, -0.2) is 13.1 Å². The van der Waals surface area contributed by atoms with E-state index in [1.165, 1.54) is 12.1 Å². The summed E-state index contributed by atoms with van der Waals surface area (Å²) in [6, 6.07) is 4.50. The van der Waals surface area contributed by atoms with E-state index in [1.54, 1.807) is 6.07 Å². The smallest absolute Gasteiger partial charge is 0.240 e. The maximum absolute atomic E-state index is 12.2. The van der Waals surface area contributed by atoms with Crippen LogP contribution in [0.25, 0.3) is 0 Å². The summed E-state index contributed by atoms with van der Waals surface area (Å²) in [6.45, 7) is 4.02. The van der Waals surface area contributed by atoms with Crippen LogP contribution in [0.15, 0.2) is 27.6 Å². The Hall–Kier alpha value is -0.630. The van der Waals surface area contributed by atoms with Gasteiger partial charge < -0.3 is 10.8 Å². The van der Waals surface area contributed by atoms with Crippen LogP contribution in [-0.4, -0.2) is 26.7 Å². The number of aliphatic hydroxyl groups excluding tert-OH is 1. The van der Waals surface area contributed by atoms with Crippen LogP contribution in [0.1, 0.15) is 26.7 Å². The van der Waals surface area contributed by atoms with E-state index in [0.29, 0.717) is 23.0 Å². The van der Waals surface area contributed by atoms with Crippen LogP contribution in [-0.2, 0) is 10.0 Å².